The van der Waals surface area contributed by atoms with Gasteiger partial charge in [-0.1, -0.05) is 29.9 Å². The molecular formula is C17H20N2OS. The van der Waals surface area contributed by atoms with Gasteiger partial charge in [-0.25, -0.2) is 0 Å². The van der Waals surface area contributed by atoms with E-state index in [2.05, 4.69) is 32.9 Å². The van der Waals surface area contributed by atoms with Gasteiger partial charge in [-0.15, -0.1) is 0 Å². The van der Waals surface area contributed by atoms with Crippen LogP contribution in [0.15, 0.2) is 29.1 Å². The minimum Gasteiger partial charge on any atom is -0.389 e. The summed E-state index contributed by atoms with van der Waals surface area (Å²) >= 11 is 4.95. The van der Waals surface area contributed by atoms with E-state index in [0.29, 0.717) is 12.1 Å². The molecule has 4 heteroatoms. The number of hydrogen-bond donors (Lipinski definition) is 1. The van der Waals surface area contributed by atoms with Crippen molar-refractivity contribution in [3.05, 3.63) is 68.1 Å². The zero-order valence-corrected chi connectivity index (χ0v) is 13.7. The van der Waals surface area contributed by atoms with Crippen LogP contribution in [0, 0.1) is 27.7 Å². The molecule has 1 heterocycles. The van der Waals surface area contributed by atoms with E-state index in [1.54, 1.807) is 10.6 Å². The van der Waals surface area contributed by atoms with Gasteiger partial charge in [-0.2, -0.15) is 0 Å². The molecule has 1 aromatic carbocycles. The number of nitrogens with zero attached hydrogens (tertiary/aromatic N) is 1. The van der Waals surface area contributed by atoms with Gasteiger partial charge in [0.05, 0.1) is 12.1 Å². The van der Waals surface area contributed by atoms with Gasteiger partial charge in [0.25, 0.3) is 5.56 Å². The summed E-state index contributed by atoms with van der Waals surface area (Å²) in [7, 11) is 0. The van der Waals surface area contributed by atoms with Crippen LogP contribution in [0.2, 0.25) is 0 Å². The Morgan fingerprint density at radius 2 is 1.71 bits per heavy atom. The molecule has 2 rings (SSSR count). The molecule has 2 N–H and O–H groups in total. The lowest BCUT2D eigenvalue weighted by molar-refractivity contribution is 0.721. The maximum atomic E-state index is 12.5. The third-order valence-corrected chi connectivity index (χ3v) is 4.03. The number of rotatable bonds is 3. The molecule has 0 spiro atoms. The molecule has 0 bridgehead atoms. The fourth-order valence-corrected chi connectivity index (χ4v) is 2.83. The lowest BCUT2D eigenvalue weighted by atomic mass is 9.99. The minimum atomic E-state index is -0.123. The highest BCUT2D eigenvalue weighted by Gasteiger charge is 2.11. The van der Waals surface area contributed by atoms with Gasteiger partial charge in [0.2, 0.25) is 0 Å². The van der Waals surface area contributed by atoms with Crippen molar-refractivity contribution in [2.24, 2.45) is 5.73 Å². The van der Waals surface area contributed by atoms with E-state index in [9.17, 15) is 4.79 Å². The fraction of sp³-hybridized carbons (Fsp3) is 0.294. The van der Waals surface area contributed by atoms with Crippen LogP contribution < -0.4 is 11.3 Å². The van der Waals surface area contributed by atoms with Crippen LogP contribution in [0.3, 0.4) is 0 Å². The Kier molecular flexibility index (Phi) is 4.28. The van der Waals surface area contributed by atoms with E-state index in [4.69, 9.17) is 18.0 Å². The van der Waals surface area contributed by atoms with Crippen molar-refractivity contribution in [2.75, 3.05) is 0 Å². The number of aryl methyl sites for hydroxylation is 4. The van der Waals surface area contributed by atoms with Crippen molar-refractivity contribution in [1.29, 1.82) is 0 Å². The summed E-state index contributed by atoms with van der Waals surface area (Å²) in [6, 6.07) is 7.86. The van der Waals surface area contributed by atoms with Gasteiger partial charge in [0.15, 0.2) is 0 Å². The Labute approximate surface area is 130 Å². The summed E-state index contributed by atoms with van der Waals surface area (Å²) in [4.78, 5) is 12.7. The van der Waals surface area contributed by atoms with Gasteiger partial charge in [-0.05, 0) is 56.5 Å². The molecule has 0 saturated carbocycles. The van der Waals surface area contributed by atoms with Crippen molar-refractivity contribution < 1.29 is 0 Å². The number of nitrogens with two attached hydrogens (primary N) is 1. The summed E-state index contributed by atoms with van der Waals surface area (Å²) in [5.41, 5.74) is 11.6. The van der Waals surface area contributed by atoms with Crippen molar-refractivity contribution in [3.8, 4) is 0 Å². The maximum absolute atomic E-state index is 12.5. The van der Waals surface area contributed by atoms with Crippen LogP contribution in [-0.2, 0) is 6.54 Å². The number of pyridine rings is 1. The highest BCUT2D eigenvalue weighted by atomic mass is 32.1. The zero-order chi connectivity index (χ0) is 15.7. The first kappa shape index (κ1) is 15.4. The maximum Gasteiger partial charge on any atom is 0.261 e. The average Bonchev–Trinajstić information content (AvgIpc) is 2.36. The fourth-order valence-electron chi connectivity index (χ4n) is 2.67. The second kappa shape index (κ2) is 5.82. The van der Waals surface area contributed by atoms with Gasteiger partial charge in [0.1, 0.15) is 4.99 Å². The summed E-state index contributed by atoms with van der Waals surface area (Å²) in [5.74, 6) is 0. The second-order valence-electron chi connectivity index (χ2n) is 5.52. The van der Waals surface area contributed by atoms with E-state index in [1.165, 1.54) is 22.3 Å². The topological polar surface area (TPSA) is 48.0 Å². The number of hydrogen-bond acceptors (Lipinski definition) is 2. The van der Waals surface area contributed by atoms with Crippen LogP contribution in [0.4, 0.5) is 0 Å². The van der Waals surface area contributed by atoms with Crippen molar-refractivity contribution in [2.45, 2.75) is 34.2 Å². The van der Waals surface area contributed by atoms with E-state index in [-0.39, 0.29) is 10.5 Å². The molecule has 0 fully saturated rings. The van der Waals surface area contributed by atoms with Crippen LogP contribution >= 0.6 is 12.2 Å². The largest absolute Gasteiger partial charge is 0.389 e. The molecule has 3 nitrogen and oxygen atoms in total. The predicted molar refractivity (Wildman–Crippen MR) is 91.1 cm³/mol. The second-order valence-corrected chi connectivity index (χ2v) is 5.96. The summed E-state index contributed by atoms with van der Waals surface area (Å²) in [6.45, 7) is 8.69. The molecule has 1 aromatic heterocycles. The third-order valence-electron chi connectivity index (χ3n) is 3.81. The number of benzene rings is 1. The number of aromatic nitrogens is 1. The lowest BCUT2D eigenvalue weighted by Crippen LogP contribution is -2.30. The van der Waals surface area contributed by atoms with E-state index < -0.39 is 0 Å². The quantitative estimate of drug-likeness (QED) is 0.887. The summed E-state index contributed by atoms with van der Waals surface area (Å²) < 4.78 is 1.74. The molecule has 0 aliphatic carbocycles. The SMILES string of the molecule is Cc1cc(C)c(Cn2c(C)ccc(C(N)=S)c2=O)c(C)c1. The molecular weight excluding hydrogens is 280 g/mol. The molecule has 0 aliphatic rings. The van der Waals surface area contributed by atoms with E-state index >= 15 is 0 Å². The van der Waals surface area contributed by atoms with Gasteiger partial charge < -0.3 is 10.3 Å². The average molecular weight is 300 g/mol. The highest BCUT2D eigenvalue weighted by Crippen LogP contribution is 2.17. The smallest absolute Gasteiger partial charge is 0.261 e. The van der Waals surface area contributed by atoms with Crippen molar-refractivity contribution >= 4 is 17.2 Å². The molecule has 0 amide bonds. The third kappa shape index (κ3) is 3.05. The summed E-state index contributed by atoms with van der Waals surface area (Å²) in [6.07, 6.45) is 0. The molecule has 0 saturated heterocycles. The Bertz CT molecular complexity index is 752. The monoisotopic (exact) mass is 300 g/mol. The molecule has 0 radical (unpaired) electrons. The van der Waals surface area contributed by atoms with E-state index in [0.717, 1.165) is 5.69 Å². The molecule has 2 aromatic rings. The van der Waals surface area contributed by atoms with Gasteiger partial charge in [-0.3, -0.25) is 4.79 Å². The number of thiocarbonyl (C=S) groups is 1. The zero-order valence-electron chi connectivity index (χ0n) is 12.9. The van der Waals surface area contributed by atoms with Gasteiger partial charge >= 0.3 is 0 Å². The van der Waals surface area contributed by atoms with E-state index in [1.807, 2.05) is 13.0 Å². The van der Waals surface area contributed by atoms with Crippen LogP contribution in [-0.4, -0.2) is 9.56 Å². The lowest BCUT2D eigenvalue weighted by Gasteiger charge is -2.16. The van der Waals surface area contributed by atoms with Gasteiger partial charge in [0, 0.05) is 5.69 Å². The first-order valence-electron chi connectivity index (χ1n) is 6.88. The normalized spacial score (nSPS) is 10.7. The molecule has 0 aliphatic heterocycles. The molecule has 110 valence electrons. The van der Waals surface area contributed by atoms with Crippen molar-refractivity contribution in [1.82, 2.24) is 4.57 Å². The molecule has 0 unspecified atom stereocenters. The highest BCUT2D eigenvalue weighted by molar-refractivity contribution is 7.80. The minimum absolute atomic E-state index is 0.123. The molecule has 21 heavy (non-hydrogen) atoms. The van der Waals surface area contributed by atoms with Crippen molar-refractivity contribution in [3.63, 3.8) is 0 Å². The Hall–Kier alpha value is -1.94. The Morgan fingerprint density at radius 3 is 2.24 bits per heavy atom. The Morgan fingerprint density at radius 1 is 1.14 bits per heavy atom. The van der Waals surface area contributed by atoms with Crippen LogP contribution in [0.25, 0.3) is 0 Å². The Balaban J connectivity index is 2.58. The standard InChI is InChI=1S/C17H20N2OS/c1-10-7-11(2)15(12(3)8-10)9-19-13(4)5-6-14(16(18)21)17(19)20/h5-8H,9H2,1-4H3,(H2,18,21). The first-order valence-corrected chi connectivity index (χ1v) is 7.29. The summed E-state index contributed by atoms with van der Waals surface area (Å²) in [5, 5.41) is 0. The molecule has 0 atom stereocenters. The predicted octanol–water partition coefficient (Wildman–Crippen LogP) is 2.76. The van der Waals surface area contributed by atoms with Crippen LogP contribution in [0.5, 0.6) is 0 Å². The first-order chi connectivity index (χ1) is 9.81. The van der Waals surface area contributed by atoms with Crippen LogP contribution in [0.1, 0.15) is 33.5 Å².